The van der Waals surface area contributed by atoms with Gasteiger partial charge in [-0.15, -0.1) is 0 Å². The Hall–Kier alpha value is -0.870. The normalized spacial score (nSPS) is 27.2. The van der Waals surface area contributed by atoms with Crippen LogP contribution in [0.1, 0.15) is 36.5 Å². The predicted octanol–water partition coefficient (Wildman–Crippen LogP) is 3.32. The van der Waals surface area contributed by atoms with Crippen LogP contribution in [-0.4, -0.2) is 42.9 Å². The molecule has 108 valence electrons. The molecule has 1 aromatic rings. The number of aldehydes is 1. The highest BCUT2D eigenvalue weighted by Crippen LogP contribution is 2.31. The van der Waals surface area contributed by atoms with E-state index >= 15 is 0 Å². The smallest absolute Gasteiger partial charge is 0.152 e. The fourth-order valence-electron chi connectivity index (χ4n) is 3.57. The first-order chi connectivity index (χ1) is 9.69. The van der Waals surface area contributed by atoms with E-state index in [-0.39, 0.29) is 0 Å². The highest BCUT2D eigenvalue weighted by atomic mass is 79.9. The summed E-state index contributed by atoms with van der Waals surface area (Å²) in [6, 6.07) is 7.14. The van der Waals surface area contributed by atoms with E-state index in [1.807, 2.05) is 12.1 Å². The Balaban J connectivity index is 1.87. The third-order valence-electron chi connectivity index (χ3n) is 4.61. The van der Waals surface area contributed by atoms with Crippen molar-refractivity contribution in [2.45, 2.75) is 38.3 Å². The summed E-state index contributed by atoms with van der Waals surface area (Å²) in [5.74, 6) is 0. The maximum atomic E-state index is 11.4. The summed E-state index contributed by atoms with van der Waals surface area (Å²) in [6.07, 6.45) is 4.93. The average Bonchev–Trinajstić information content (AvgIpc) is 2.46. The zero-order chi connectivity index (χ0) is 14.1. The van der Waals surface area contributed by atoms with Gasteiger partial charge in [0, 0.05) is 40.9 Å². The van der Waals surface area contributed by atoms with Crippen LogP contribution < -0.4 is 4.90 Å². The summed E-state index contributed by atoms with van der Waals surface area (Å²) in [5.41, 5.74) is 1.87. The molecule has 2 fully saturated rings. The molecule has 0 spiro atoms. The summed E-state index contributed by atoms with van der Waals surface area (Å²) in [7, 11) is 0. The number of hydrogen-bond acceptors (Lipinski definition) is 3. The first kappa shape index (κ1) is 14.1. The van der Waals surface area contributed by atoms with Crippen LogP contribution in [0, 0.1) is 0 Å². The maximum Gasteiger partial charge on any atom is 0.152 e. The molecule has 2 unspecified atom stereocenters. The van der Waals surface area contributed by atoms with Gasteiger partial charge < -0.3 is 4.90 Å². The van der Waals surface area contributed by atoms with Gasteiger partial charge >= 0.3 is 0 Å². The van der Waals surface area contributed by atoms with Crippen LogP contribution in [0.3, 0.4) is 0 Å². The van der Waals surface area contributed by atoms with Crippen LogP contribution in [0.4, 0.5) is 5.69 Å². The number of rotatable bonds is 2. The topological polar surface area (TPSA) is 23.6 Å². The number of piperazine rings is 1. The van der Waals surface area contributed by atoms with Crippen molar-refractivity contribution in [2.24, 2.45) is 0 Å². The SMILES string of the molecule is CC1CN2CCCCC2CN1c1ccc(Br)cc1C=O. The van der Waals surface area contributed by atoms with Gasteiger partial charge in [0.05, 0.1) is 0 Å². The third-order valence-corrected chi connectivity index (χ3v) is 5.11. The Morgan fingerprint density at radius 2 is 2.15 bits per heavy atom. The van der Waals surface area contributed by atoms with Crippen molar-refractivity contribution in [3.63, 3.8) is 0 Å². The molecule has 0 saturated carbocycles. The fourth-order valence-corrected chi connectivity index (χ4v) is 3.95. The molecule has 20 heavy (non-hydrogen) atoms. The first-order valence-corrected chi connectivity index (χ1v) is 8.24. The molecule has 0 radical (unpaired) electrons. The number of hydrogen-bond donors (Lipinski definition) is 0. The molecule has 2 atom stereocenters. The van der Waals surface area contributed by atoms with Gasteiger partial charge in [-0.05, 0) is 44.5 Å². The van der Waals surface area contributed by atoms with Crippen LogP contribution in [0.25, 0.3) is 0 Å². The number of fused-ring (bicyclic) bond motifs is 1. The van der Waals surface area contributed by atoms with Crippen molar-refractivity contribution in [3.05, 3.63) is 28.2 Å². The van der Waals surface area contributed by atoms with Crippen LogP contribution >= 0.6 is 15.9 Å². The number of halogens is 1. The minimum Gasteiger partial charge on any atom is -0.365 e. The Labute approximate surface area is 129 Å². The lowest BCUT2D eigenvalue weighted by molar-refractivity contribution is 0.111. The number of carbonyl (C=O) groups is 1. The minimum atomic E-state index is 0.462. The van der Waals surface area contributed by atoms with Gasteiger partial charge in [-0.3, -0.25) is 9.69 Å². The fraction of sp³-hybridized carbons (Fsp3) is 0.562. The van der Waals surface area contributed by atoms with E-state index in [0.717, 1.165) is 35.1 Å². The van der Waals surface area contributed by atoms with Gasteiger partial charge in [0.2, 0.25) is 0 Å². The molecule has 2 aliphatic heterocycles. The summed E-state index contributed by atoms with van der Waals surface area (Å²) in [5, 5.41) is 0. The van der Waals surface area contributed by atoms with Gasteiger partial charge in [0.1, 0.15) is 0 Å². The van der Waals surface area contributed by atoms with E-state index in [2.05, 4.69) is 38.7 Å². The lowest BCUT2D eigenvalue weighted by atomic mass is 9.96. The molecular formula is C16H21BrN2O. The zero-order valence-corrected chi connectivity index (χ0v) is 13.5. The second kappa shape index (κ2) is 5.86. The number of nitrogens with zero attached hydrogens (tertiary/aromatic N) is 2. The Morgan fingerprint density at radius 3 is 2.95 bits per heavy atom. The quantitative estimate of drug-likeness (QED) is 0.774. The Bertz CT molecular complexity index is 505. The molecular weight excluding hydrogens is 316 g/mol. The third kappa shape index (κ3) is 2.63. The Morgan fingerprint density at radius 1 is 1.30 bits per heavy atom. The van der Waals surface area contributed by atoms with E-state index in [1.54, 1.807) is 0 Å². The average molecular weight is 337 g/mol. The van der Waals surface area contributed by atoms with Crippen molar-refractivity contribution >= 4 is 27.9 Å². The molecule has 0 bridgehead atoms. The van der Waals surface area contributed by atoms with Crippen molar-refractivity contribution in [2.75, 3.05) is 24.5 Å². The van der Waals surface area contributed by atoms with Crippen molar-refractivity contribution < 1.29 is 4.79 Å². The molecule has 4 heteroatoms. The second-order valence-corrected chi connectivity index (χ2v) is 6.88. The summed E-state index contributed by atoms with van der Waals surface area (Å²) in [6.45, 7) is 5.66. The molecule has 0 amide bonds. The monoisotopic (exact) mass is 336 g/mol. The summed E-state index contributed by atoms with van der Waals surface area (Å²) < 4.78 is 0.965. The van der Waals surface area contributed by atoms with Gasteiger partial charge in [0.25, 0.3) is 0 Å². The highest BCUT2D eigenvalue weighted by Gasteiger charge is 2.33. The van der Waals surface area contributed by atoms with Gasteiger partial charge in [-0.2, -0.15) is 0 Å². The molecule has 0 aromatic heterocycles. The molecule has 2 heterocycles. The zero-order valence-electron chi connectivity index (χ0n) is 11.9. The van der Waals surface area contributed by atoms with E-state index in [9.17, 15) is 4.79 Å². The molecule has 2 saturated heterocycles. The van der Waals surface area contributed by atoms with Crippen LogP contribution in [0.5, 0.6) is 0 Å². The molecule has 1 aromatic carbocycles. The standard InChI is InChI=1S/C16H21BrN2O/c1-12-9-18-7-3-2-4-15(18)10-19(12)16-6-5-14(17)8-13(16)11-20/h5-6,8,11-12,15H,2-4,7,9-10H2,1H3. The maximum absolute atomic E-state index is 11.4. The van der Waals surface area contributed by atoms with E-state index in [1.165, 1.54) is 25.8 Å². The lowest BCUT2D eigenvalue weighted by Crippen LogP contribution is -2.59. The first-order valence-electron chi connectivity index (χ1n) is 7.44. The van der Waals surface area contributed by atoms with Crippen LogP contribution in [-0.2, 0) is 0 Å². The second-order valence-electron chi connectivity index (χ2n) is 5.97. The number of carbonyl (C=O) groups excluding carboxylic acids is 1. The van der Waals surface area contributed by atoms with Crippen molar-refractivity contribution in [1.29, 1.82) is 0 Å². The molecule has 2 aliphatic rings. The largest absolute Gasteiger partial charge is 0.365 e. The molecule has 0 aliphatic carbocycles. The summed E-state index contributed by atoms with van der Waals surface area (Å²) >= 11 is 3.45. The van der Waals surface area contributed by atoms with Crippen molar-refractivity contribution in [3.8, 4) is 0 Å². The number of benzene rings is 1. The van der Waals surface area contributed by atoms with E-state index < -0.39 is 0 Å². The van der Waals surface area contributed by atoms with Gasteiger partial charge in [-0.1, -0.05) is 22.4 Å². The van der Waals surface area contributed by atoms with Crippen LogP contribution in [0.15, 0.2) is 22.7 Å². The molecule has 0 N–H and O–H groups in total. The van der Waals surface area contributed by atoms with E-state index in [4.69, 9.17) is 0 Å². The van der Waals surface area contributed by atoms with Crippen LogP contribution in [0.2, 0.25) is 0 Å². The van der Waals surface area contributed by atoms with Gasteiger partial charge in [-0.25, -0.2) is 0 Å². The van der Waals surface area contributed by atoms with Crippen molar-refractivity contribution in [1.82, 2.24) is 4.90 Å². The minimum absolute atomic E-state index is 0.462. The molecule has 3 nitrogen and oxygen atoms in total. The summed E-state index contributed by atoms with van der Waals surface area (Å²) in [4.78, 5) is 16.4. The molecule has 3 rings (SSSR count). The number of anilines is 1. The predicted molar refractivity (Wildman–Crippen MR) is 85.5 cm³/mol. The number of piperidine rings is 1. The van der Waals surface area contributed by atoms with Gasteiger partial charge in [0.15, 0.2) is 6.29 Å². The lowest BCUT2D eigenvalue weighted by Gasteiger charge is -2.48. The highest BCUT2D eigenvalue weighted by molar-refractivity contribution is 9.10. The Kier molecular flexibility index (Phi) is 4.13. The van der Waals surface area contributed by atoms with E-state index in [0.29, 0.717) is 12.1 Å².